The fraction of sp³-hybridized carbons (Fsp3) is 0.231. The van der Waals surface area contributed by atoms with Crippen LogP contribution in [0, 0.1) is 0 Å². The third kappa shape index (κ3) is 5.34. The second-order valence-electron chi connectivity index (χ2n) is 7.63. The standard InChI is InChI=1S/C26H26N2O4/c1-19(32-24-12-10-21(11-13-24)20-6-3-2-4-7-20)25(29)27-23-9-5-8-22(18-23)26(30)28-14-16-31-17-15-28/h2-13,18-19H,14-17H2,1H3,(H,27,29). The summed E-state index contributed by atoms with van der Waals surface area (Å²) in [5, 5.41) is 2.84. The molecule has 1 N–H and O–H groups in total. The smallest absolute Gasteiger partial charge is 0.265 e. The number of benzene rings is 3. The van der Waals surface area contributed by atoms with Crippen LogP contribution in [-0.2, 0) is 9.53 Å². The zero-order valence-corrected chi connectivity index (χ0v) is 18.0. The summed E-state index contributed by atoms with van der Waals surface area (Å²) in [6.07, 6.45) is -0.698. The summed E-state index contributed by atoms with van der Waals surface area (Å²) in [4.78, 5) is 27.1. The molecule has 0 aromatic heterocycles. The molecule has 2 amide bonds. The molecular formula is C26H26N2O4. The number of nitrogens with zero attached hydrogens (tertiary/aromatic N) is 1. The van der Waals surface area contributed by atoms with Crippen LogP contribution in [0.1, 0.15) is 17.3 Å². The molecule has 3 aromatic rings. The van der Waals surface area contributed by atoms with Gasteiger partial charge in [-0.1, -0.05) is 48.5 Å². The Hall–Kier alpha value is -3.64. The largest absolute Gasteiger partial charge is 0.481 e. The molecule has 1 saturated heterocycles. The zero-order chi connectivity index (χ0) is 22.3. The Balaban J connectivity index is 1.36. The van der Waals surface area contributed by atoms with E-state index in [4.69, 9.17) is 9.47 Å². The highest BCUT2D eigenvalue weighted by molar-refractivity contribution is 5.98. The molecule has 32 heavy (non-hydrogen) atoms. The van der Waals surface area contributed by atoms with Crippen LogP contribution in [0.3, 0.4) is 0 Å². The number of carbonyl (C=O) groups excluding carboxylic acids is 2. The number of hydrogen-bond donors (Lipinski definition) is 1. The van der Waals surface area contributed by atoms with Gasteiger partial charge in [0.15, 0.2) is 6.10 Å². The molecule has 0 bridgehead atoms. The van der Waals surface area contributed by atoms with E-state index in [1.54, 1.807) is 36.1 Å². The number of amides is 2. The van der Waals surface area contributed by atoms with Crippen LogP contribution in [0.25, 0.3) is 11.1 Å². The molecule has 0 aliphatic carbocycles. The minimum atomic E-state index is -0.698. The van der Waals surface area contributed by atoms with Gasteiger partial charge in [0, 0.05) is 24.3 Å². The first-order valence-electron chi connectivity index (χ1n) is 10.7. The van der Waals surface area contributed by atoms with Gasteiger partial charge in [-0.2, -0.15) is 0 Å². The lowest BCUT2D eigenvalue weighted by atomic mass is 10.1. The maximum atomic E-state index is 12.7. The quantitative estimate of drug-likeness (QED) is 0.635. The fourth-order valence-corrected chi connectivity index (χ4v) is 3.54. The minimum Gasteiger partial charge on any atom is -0.481 e. The molecule has 3 aromatic carbocycles. The van der Waals surface area contributed by atoms with E-state index >= 15 is 0 Å². The van der Waals surface area contributed by atoms with Crippen LogP contribution in [-0.4, -0.2) is 49.1 Å². The van der Waals surface area contributed by atoms with E-state index in [1.807, 2.05) is 54.6 Å². The molecular weight excluding hydrogens is 404 g/mol. The van der Waals surface area contributed by atoms with E-state index in [0.29, 0.717) is 43.3 Å². The van der Waals surface area contributed by atoms with Crippen LogP contribution in [0.4, 0.5) is 5.69 Å². The van der Waals surface area contributed by atoms with Crippen molar-refractivity contribution in [3.05, 3.63) is 84.4 Å². The average molecular weight is 431 g/mol. The van der Waals surface area contributed by atoms with Crippen LogP contribution in [0.5, 0.6) is 5.75 Å². The number of ether oxygens (including phenoxy) is 2. The lowest BCUT2D eigenvalue weighted by Gasteiger charge is -2.27. The van der Waals surface area contributed by atoms with Crippen molar-refractivity contribution in [3.63, 3.8) is 0 Å². The summed E-state index contributed by atoms with van der Waals surface area (Å²) in [6.45, 7) is 3.93. The van der Waals surface area contributed by atoms with Gasteiger partial charge in [-0.05, 0) is 48.4 Å². The first-order chi connectivity index (χ1) is 15.6. The Kier molecular flexibility index (Phi) is 6.82. The van der Waals surface area contributed by atoms with Gasteiger partial charge in [-0.3, -0.25) is 9.59 Å². The van der Waals surface area contributed by atoms with Gasteiger partial charge >= 0.3 is 0 Å². The van der Waals surface area contributed by atoms with Gasteiger partial charge in [-0.15, -0.1) is 0 Å². The molecule has 4 rings (SSSR count). The molecule has 164 valence electrons. The predicted octanol–water partition coefficient (Wildman–Crippen LogP) is 4.23. The molecule has 1 atom stereocenters. The van der Waals surface area contributed by atoms with Gasteiger partial charge < -0.3 is 19.7 Å². The van der Waals surface area contributed by atoms with Crippen molar-refractivity contribution in [2.24, 2.45) is 0 Å². The molecule has 6 nitrogen and oxygen atoms in total. The summed E-state index contributed by atoms with van der Waals surface area (Å²) >= 11 is 0. The number of nitrogens with one attached hydrogen (secondary N) is 1. The SMILES string of the molecule is CC(Oc1ccc(-c2ccccc2)cc1)C(=O)Nc1cccc(C(=O)N2CCOCC2)c1. The molecule has 0 saturated carbocycles. The Labute approximate surface area is 187 Å². The van der Waals surface area contributed by atoms with Gasteiger partial charge in [-0.25, -0.2) is 0 Å². The Morgan fingerprint density at radius 1 is 0.906 bits per heavy atom. The number of hydrogen-bond acceptors (Lipinski definition) is 4. The van der Waals surface area contributed by atoms with Crippen LogP contribution in [0.2, 0.25) is 0 Å². The lowest BCUT2D eigenvalue weighted by molar-refractivity contribution is -0.122. The third-order valence-corrected chi connectivity index (χ3v) is 5.32. The van der Waals surface area contributed by atoms with E-state index < -0.39 is 6.10 Å². The number of carbonyl (C=O) groups is 2. The molecule has 1 aliphatic heterocycles. The van der Waals surface area contributed by atoms with Crippen molar-refractivity contribution < 1.29 is 19.1 Å². The summed E-state index contributed by atoms with van der Waals surface area (Å²) in [7, 11) is 0. The fourth-order valence-electron chi connectivity index (χ4n) is 3.54. The van der Waals surface area contributed by atoms with Gasteiger partial charge in [0.05, 0.1) is 13.2 Å². The summed E-state index contributed by atoms with van der Waals surface area (Å²) in [6, 6.07) is 24.7. The highest BCUT2D eigenvalue weighted by Gasteiger charge is 2.20. The number of morpholine rings is 1. The Morgan fingerprint density at radius 2 is 1.59 bits per heavy atom. The van der Waals surface area contributed by atoms with Gasteiger partial charge in [0.1, 0.15) is 5.75 Å². The van der Waals surface area contributed by atoms with Crippen molar-refractivity contribution in [2.75, 3.05) is 31.6 Å². The van der Waals surface area contributed by atoms with Crippen LogP contribution >= 0.6 is 0 Å². The summed E-state index contributed by atoms with van der Waals surface area (Å²) in [5.41, 5.74) is 3.30. The predicted molar refractivity (Wildman–Crippen MR) is 124 cm³/mol. The molecule has 1 heterocycles. The number of rotatable bonds is 6. The third-order valence-electron chi connectivity index (χ3n) is 5.32. The maximum Gasteiger partial charge on any atom is 0.265 e. The monoisotopic (exact) mass is 430 g/mol. The highest BCUT2D eigenvalue weighted by Crippen LogP contribution is 2.23. The summed E-state index contributed by atoms with van der Waals surface area (Å²) < 4.78 is 11.1. The molecule has 1 aliphatic rings. The van der Waals surface area contributed by atoms with E-state index in [2.05, 4.69) is 5.32 Å². The zero-order valence-electron chi connectivity index (χ0n) is 18.0. The second kappa shape index (κ2) is 10.1. The Morgan fingerprint density at radius 3 is 2.31 bits per heavy atom. The maximum absolute atomic E-state index is 12.7. The van der Waals surface area contributed by atoms with E-state index in [1.165, 1.54) is 0 Å². The molecule has 0 spiro atoms. The lowest BCUT2D eigenvalue weighted by Crippen LogP contribution is -2.40. The normalized spacial score (nSPS) is 14.5. The van der Waals surface area contributed by atoms with E-state index in [9.17, 15) is 9.59 Å². The van der Waals surface area contributed by atoms with Crippen molar-refractivity contribution in [1.29, 1.82) is 0 Å². The van der Waals surface area contributed by atoms with Gasteiger partial charge in [0.25, 0.3) is 11.8 Å². The first-order valence-corrected chi connectivity index (χ1v) is 10.7. The second-order valence-corrected chi connectivity index (χ2v) is 7.63. The highest BCUT2D eigenvalue weighted by atomic mass is 16.5. The van der Waals surface area contributed by atoms with Crippen molar-refractivity contribution in [2.45, 2.75) is 13.0 Å². The van der Waals surface area contributed by atoms with Gasteiger partial charge in [0.2, 0.25) is 0 Å². The van der Waals surface area contributed by atoms with Crippen molar-refractivity contribution in [3.8, 4) is 16.9 Å². The number of anilines is 1. The summed E-state index contributed by atoms with van der Waals surface area (Å²) in [5.74, 6) is 0.267. The molecule has 0 radical (unpaired) electrons. The van der Waals surface area contributed by atoms with Crippen LogP contribution < -0.4 is 10.1 Å². The topological polar surface area (TPSA) is 67.9 Å². The Bertz CT molecular complexity index is 1060. The molecule has 6 heteroatoms. The average Bonchev–Trinajstić information content (AvgIpc) is 2.85. The van der Waals surface area contributed by atoms with E-state index in [0.717, 1.165) is 11.1 Å². The van der Waals surface area contributed by atoms with Crippen molar-refractivity contribution in [1.82, 2.24) is 4.90 Å². The molecule has 1 fully saturated rings. The minimum absolute atomic E-state index is 0.0628. The van der Waals surface area contributed by atoms with Crippen molar-refractivity contribution >= 4 is 17.5 Å². The van der Waals surface area contributed by atoms with E-state index in [-0.39, 0.29) is 11.8 Å². The van der Waals surface area contributed by atoms with Crippen LogP contribution in [0.15, 0.2) is 78.9 Å². The first kappa shape index (κ1) is 21.6. The molecule has 1 unspecified atom stereocenters.